The van der Waals surface area contributed by atoms with Crippen molar-refractivity contribution < 1.29 is 0 Å². The molecule has 0 amide bonds. The minimum absolute atomic E-state index is 0.122. The zero-order valence-electron chi connectivity index (χ0n) is 10.6. The van der Waals surface area contributed by atoms with Crippen LogP contribution >= 0.6 is 50.5 Å². The summed E-state index contributed by atoms with van der Waals surface area (Å²) in [6.45, 7) is 4.98. The standard InChI is InChI=1S/C14H14BrCl2NS/c1-3-18-13(12-7-11(17)14(15)19-12)9-5-4-8(2)10(16)6-9/h4-7,13,18H,3H2,1-2H3. The summed E-state index contributed by atoms with van der Waals surface area (Å²) < 4.78 is 0.963. The summed E-state index contributed by atoms with van der Waals surface area (Å²) in [5.41, 5.74) is 2.24. The monoisotopic (exact) mass is 377 g/mol. The fourth-order valence-electron chi connectivity index (χ4n) is 1.88. The first-order valence-electron chi connectivity index (χ1n) is 5.97. The van der Waals surface area contributed by atoms with Crippen LogP contribution in [0.3, 0.4) is 0 Å². The molecule has 1 N–H and O–H groups in total. The minimum atomic E-state index is 0.122. The molecule has 1 unspecified atom stereocenters. The first-order chi connectivity index (χ1) is 9.02. The van der Waals surface area contributed by atoms with Gasteiger partial charge in [-0.05, 0) is 52.7 Å². The maximum Gasteiger partial charge on any atom is 0.0888 e. The fraction of sp³-hybridized carbons (Fsp3) is 0.286. The molecule has 2 aromatic rings. The predicted octanol–water partition coefficient (Wildman–Crippen LogP) is 5.82. The second-order valence-corrected chi connectivity index (χ2v) is 7.49. The lowest BCUT2D eigenvalue weighted by molar-refractivity contribution is 0.639. The van der Waals surface area contributed by atoms with Crippen molar-refractivity contribution in [1.82, 2.24) is 5.32 Å². The number of aryl methyl sites for hydroxylation is 1. The molecule has 1 aromatic carbocycles. The van der Waals surface area contributed by atoms with E-state index in [0.717, 1.165) is 31.5 Å². The van der Waals surface area contributed by atoms with Gasteiger partial charge in [0, 0.05) is 9.90 Å². The lowest BCUT2D eigenvalue weighted by atomic mass is 10.0. The quantitative estimate of drug-likeness (QED) is 0.706. The van der Waals surface area contributed by atoms with Crippen LogP contribution in [0, 0.1) is 6.92 Å². The van der Waals surface area contributed by atoms with Gasteiger partial charge >= 0.3 is 0 Å². The van der Waals surface area contributed by atoms with Crippen molar-refractivity contribution in [1.29, 1.82) is 0 Å². The van der Waals surface area contributed by atoms with Crippen molar-refractivity contribution in [3.63, 3.8) is 0 Å². The first-order valence-corrected chi connectivity index (χ1v) is 8.33. The Morgan fingerprint density at radius 2 is 2.00 bits per heavy atom. The van der Waals surface area contributed by atoms with Crippen molar-refractivity contribution in [2.75, 3.05) is 6.54 Å². The molecular weight excluding hydrogens is 365 g/mol. The van der Waals surface area contributed by atoms with Gasteiger partial charge < -0.3 is 5.32 Å². The normalized spacial score (nSPS) is 12.7. The molecule has 0 aliphatic carbocycles. The van der Waals surface area contributed by atoms with E-state index in [2.05, 4.69) is 34.2 Å². The summed E-state index contributed by atoms with van der Waals surface area (Å²) in [5.74, 6) is 0. The molecule has 0 aliphatic rings. The Labute approximate surface area is 136 Å². The molecule has 0 fully saturated rings. The van der Waals surface area contributed by atoms with Crippen molar-refractivity contribution in [2.24, 2.45) is 0 Å². The molecule has 0 saturated carbocycles. The number of benzene rings is 1. The number of halogens is 3. The lowest BCUT2D eigenvalue weighted by Gasteiger charge is -2.17. The summed E-state index contributed by atoms with van der Waals surface area (Å²) in [7, 11) is 0. The van der Waals surface area contributed by atoms with Crippen molar-refractivity contribution in [3.8, 4) is 0 Å². The molecule has 1 nitrogen and oxygen atoms in total. The van der Waals surface area contributed by atoms with Gasteiger partial charge in [-0.2, -0.15) is 0 Å². The number of nitrogens with one attached hydrogen (secondary N) is 1. The highest BCUT2D eigenvalue weighted by molar-refractivity contribution is 9.11. The smallest absolute Gasteiger partial charge is 0.0888 e. The molecule has 5 heteroatoms. The molecule has 0 spiro atoms. The summed E-state index contributed by atoms with van der Waals surface area (Å²) in [4.78, 5) is 1.18. The average molecular weight is 379 g/mol. The van der Waals surface area contributed by atoms with Crippen LogP contribution in [-0.4, -0.2) is 6.54 Å². The maximum atomic E-state index is 6.22. The zero-order chi connectivity index (χ0) is 14.0. The van der Waals surface area contributed by atoms with Crippen LogP contribution in [0.15, 0.2) is 28.1 Å². The van der Waals surface area contributed by atoms with E-state index in [1.807, 2.05) is 25.1 Å². The Morgan fingerprint density at radius 1 is 1.26 bits per heavy atom. The van der Waals surface area contributed by atoms with Crippen LogP contribution < -0.4 is 5.32 Å². The molecule has 102 valence electrons. The third-order valence-electron chi connectivity index (χ3n) is 2.89. The summed E-state index contributed by atoms with van der Waals surface area (Å²) >= 11 is 17.5. The van der Waals surface area contributed by atoms with E-state index >= 15 is 0 Å². The molecule has 0 bridgehead atoms. The fourth-order valence-corrected chi connectivity index (χ4v) is 3.92. The SMILES string of the molecule is CCNC(c1ccc(C)c(Cl)c1)c1cc(Cl)c(Br)s1. The van der Waals surface area contributed by atoms with E-state index in [1.54, 1.807) is 11.3 Å². The number of rotatable bonds is 4. The molecule has 0 radical (unpaired) electrons. The van der Waals surface area contributed by atoms with E-state index < -0.39 is 0 Å². The van der Waals surface area contributed by atoms with Crippen LogP contribution in [0.1, 0.15) is 29.0 Å². The van der Waals surface area contributed by atoms with Gasteiger partial charge in [0.15, 0.2) is 0 Å². The third kappa shape index (κ3) is 3.53. The lowest BCUT2D eigenvalue weighted by Crippen LogP contribution is -2.21. The Balaban J connectivity index is 2.41. The second kappa shape index (κ2) is 6.59. The minimum Gasteiger partial charge on any atom is -0.306 e. The molecule has 1 aromatic heterocycles. The van der Waals surface area contributed by atoms with E-state index in [1.165, 1.54) is 4.88 Å². The number of thiophene rings is 1. The topological polar surface area (TPSA) is 12.0 Å². The van der Waals surface area contributed by atoms with Crippen LogP contribution in [0.5, 0.6) is 0 Å². The van der Waals surface area contributed by atoms with Gasteiger partial charge in [-0.15, -0.1) is 11.3 Å². The van der Waals surface area contributed by atoms with E-state index in [0.29, 0.717) is 0 Å². The largest absolute Gasteiger partial charge is 0.306 e. The third-order valence-corrected chi connectivity index (χ3v) is 5.83. The molecule has 0 aliphatic heterocycles. The summed E-state index contributed by atoms with van der Waals surface area (Å²) in [6, 6.07) is 8.29. The molecule has 19 heavy (non-hydrogen) atoms. The van der Waals surface area contributed by atoms with Gasteiger partial charge in [0.2, 0.25) is 0 Å². The first kappa shape index (κ1) is 15.3. The Morgan fingerprint density at radius 3 is 2.53 bits per heavy atom. The van der Waals surface area contributed by atoms with E-state index in [-0.39, 0.29) is 6.04 Å². The summed E-state index contributed by atoms with van der Waals surface area (Å²) in [5, 5.41) is 5.02. The van der Waals surface area contributed by atoms with Crippen LogP contribution in [0.2, 0.25) is 10.0 Å². The second-order valence-electron chi connectivity index (χ2n) is 4.27. The Kier molecular flexibility index (Phi) is 5.32. The van der Waals surface area contributed by atoms with Crippen molar-refractivity contribution >= 4 is 50.5 Å². The molecule has 2 rings (SSSR count). The van der Waals surface area contributed by atoms with Gasteiger partial charge in [0.25, 0.3) is 0 Å². The molecular formula is C14H14BrCl2NS. The average Bonchev–Trinajstić information content (AvgIpc) is 2.70. The van der Waals surface area contributed by atoms with Gasteiger partial charge in [0.05, 0.1) is 14.9 Å². The van der Waals surface area contributed by atoms with Crippen LogP contribution in [0.25, 0.3) is 0 Å². The highest BCUT2D eigenvalue weighted by Gasteiger charge is 2.17. The van der Waals surface area contributed by atoms with Gasteiger partial charge in [0.1, 0.15) is 0 Å². The number of hydrogen-bond donors (Lipinski definition) is 1. The number of hydrogen-bond acceptors (Lipinski definition) is 2. The maximum absolute atomic E-state index is 6.22. The summed E-state index contributed by atoms with van der Waals surface area (Å²) in [6.07, 6.45) is 0. The zero-order valence-corrected chi connectivity index (χ0v) is 14.6. The molecule has 1 heterocycles. The van der Waals surface area contributed by atoms with Crippen molar-refractivity contribution in [2.45, 2.75) is 19.9 Å². The van der Waals surface area contributed by atoms with Gasteiger partial charge in [-0.1, -0.05) is 42.3 Å². The van der Waals surface area contributed by atoms with Crippen LogP contribution in [0.4, 0.5) is 0 Å². The van der Waals surface area contributed by atoms with E-state index in [9.17, 15) is 0 Å². The van der Waals surface area contributed by atoms with Gasteiger partial charge in [-0.25, -0.2) is 0 Å². The highest BCUT2D eigenvalue weighted by atomic mass is 79.9. The molecule has 0 saturated heterocycles. The highest BCUT2D eigenvalue weighted by Crippen LogP contribution is 2.38. The predicted molar refractivity (Wildman–Crippen MR) is 88.7 cm³/mol. The Hall–Kier alpha value is -0.0600. The van der Waals surface area contributed by atoms with Gasteiger partial charge in [-0.3, -0.25) is 0 Å². The Bertz CT molecular complexity index is 563. The molecule has 1 atom stereocenters. The van der Waals surface area contributed by atoms with E-state index in [4.69, 9.17) is 23.2 Å². The van der Waals surface area contributed by atoms with Crippen LogP contribution in [-0.2, 0) is 0 Å². The van der Waals surface area contributed by atoms with Crippen molar-refractivity contribution in [3.05, 3.63) is 54.1 Å².